The standard InChI is InChI=1S/C24H25FN4O2/c1-3-4-13-29(15-22-26-20-8-6-5-7-19(20)24(30)27-22)14-21-16(2)23(31-28-21)17-9-11-18(25)12-10-17/h5-12H,3-4,13-15H2,1-2H3,(H,26,27,30)/p+1. The van der Waals surface area contributed by atoms with Crippen molar-refractivity contribution in [2.24, 2.45) is 0 Å². The van der Waals surface area contributed by atoms with Crippen LogP contribution in [-0.4, -0.2) is 21.7 Å². The molecule has 2 aromatic carbocycles. The summed E-state index contributed by atoms with van der Waals surface area (Å²) >= 11 is 0. The van der Waals surface area contributed by atoms with Gasteiger partial charge >= 0.3 is 0 Å². The zero-order valence-corrected chi connectivity index (χ0v) is 17.7. The number of quaternary nitrogens is 1. The Balaban J connectivity index is 1.58. The highest BCUT2D eigenvalue weighted by molar-refractivity contribution is 5.77. The minimum atomic E-state index is -0.284. The molecule has 160 valence electrons. The van der Waals surface area contributed by atoms with Crippen molar-refractivity contribution in [3.05, 3.63) is 81.8 Å². The van der Waals surface area contributed by atoms with Gasteiger partial charge in [0.2, 0.25) is 0 Å². The average Bonchev–Trinajstić information content (AvgIpc) is 3.13. The maximum absolute atomic E-state index is 13.3. The van der Waals surface area contributed by atoms with E-state index in [0.29, 0.717) is 35.6 Å². The largest absolute Gasteiger partial charge is 0.356 e. The molecule has 1 atom stereocenters. The minimum absolute atomic E-state index is 0.119. The predicted molar refractivity (Wildman–Crippen MR) is 117 cm³/mol. The van der Waals surface area contributed by atoms with Crippen LogP contribution in [0.25, 0.3) is 22.2 Å². The third-order valence-corrected chi connectivity index (χ3v) is 5.51. The molecule has 0 saturated heterocycles. The van der Waals surface area contributed by atoms with Gasteiger partial charge in [0.25, 0.3) is 5.56 Å². The Morgan fingerprint density at radius 2 is 1.87 bits per heavy atom. The SMILES string of the molecule is CCCC[NH+](Cc1nc2ccccc2c(=O)[nH]1)Cc1noc(-c2ccc(F)cc2)c1C. The lowest BCUT2D eigenvalue weighted by Crippen LogP contribution is -3.09. The lowest BCUT2D eigenvalue weighted by atomic mass is 10.1. The Kier molecular flexibility index (Phi) is 6.23. The fourth-order valence-corrected chi connectivity index (χ4v) is 3.76. The number of aromatic amines is 1. The van der Waals surface area contributed by atoms with Crippen LogP contribution in [0.15, 0.2) is 57.8 Å². The van der Waals surface area contributed by atoms with E-state index in [9.17, 15) is 9.18 Å². The molecule has 0 radical (unpaired) electrons. The molecule has 0 aliphatic carbocycles. The normalized spacial score (nSPS) is 12.4. The molecule has 0 spiro atoms. The summed E-state index contributed by atoms with van der Waals surface area (Å²) in [6.07, 6.45) is 2.12. The molecular formula is C24H26FN4O2+. The van der Waals surface area contributed by atoms with Gasteiger partial charge in [-0.25, -0.2) is 9.37 Å². The van der Waals surface area contributed by atoms with Gasteiger partial charge in [0.05, 0.1) is 17.4 Å². The minimum Gasteiger partial charge on any atom is -0.356 e. The van der Waals surface area contributed by atoms with E-state index in [4.69, 9.17) is 4.52 Å². The summed E-state index contributed by atoms with van der Waals surface area (Å²) in [6.45, 7) is 6.27. The van der Waals surface area contributed by atoms with Gasteiger partial charge in [0.15, 0.2) is 11.6 Å². The molecule has 1 unspecified atom stereocenters. The lowest BCUT2D eigenvalue weighted by Gasteiger charge is -2.18. The van der Waals surface area contributed by atoms with E-state index in [1.807, 2.05) is 25.1 Å². The van der Waals surface area contributed by atoms with Gasteiger partial charge in [-0.05, 0) is 49.7 Å². The smallest absolute Gasteiger partial charge is 0.258 e. The van der Waals surface area contributed by atoms with Crippen molar-refractivity contribution in [3.8, 4) is 11.3 Å². The maximum atomic E-state index is 13.3. The van der Waals surface area contributed by atoms with Crippen molar-refractivity contribution >= 4 is 10.9 Å². The second-order valence-corrected chi connectivity index (χ2v) is 7.83. The second-order valence-electron chi connectivity index (χ2n) is 7.83. The van der Waals surface area contributed by atoms with Crippen molar-refractivity contribution in [3.63, 3.8) is 0 Å². The molecule has 31 heavy (non-hydrogen) atoms. The molecule has 0 amide bonds. The molecule has 7 heteroatoms. The van der Waals surface area contributed by atoms with Crippen LogP contribution in [0.1, 0.15) is 36.8 Å². The number of para-hydroxylation sites is 1. The molecule has 4 aromatic rings. The van der Waals surface area contributed by atoms with Gasteiger partial charge in [-0.1, -0.05) is 30.6 Å². The number of hydrogen-bond acceptors (Lipinski definition) is 4. The number of halogens is 1. The third kappa shape index (κ3) is 4.72. The van der Waals surface area contributed by atoms with Crippen LogP contribution in [0.3, 0.4) is 0 Å². The van der Waals surface area contributed by atoms with Crippen molar-refractivity contribution in [1.82, 2.24) is 15.1 Å². The molecule has 2 aromatic heterocycles. The number of fused-ring (bicyclic) bond motifs is 1. The third-order valence-electron chi connectivity index (χ3n) is 5.51. The first kappa shape index (κ1) is 20.9. The molecular weight excluding hydrogens is 395 g/mol. The molecule has 0 fully saturated rings. The first-order valence-electron chi connectivity index (χ1n) is 10.6. The first-order chi connectivity index (χ1) is 15.0. The van der Waals surface area contributed by atoms with Crippen LogP contribution < -0.4 is 10.5 Å². The summed E-state index contributed by atoms with van der Waals surface area (Å²) in [6, 6.07) is 13.6. The van der Waals surface area contributed by atoms with E-state index in [0.717, 1.165) is 36.2 Å². The van der Waals surface area contributed by atoms with E-state index >= 15 is 0 Å². The van der Waals surface area contributed by atoms with Gasteiger partial charge in [-0.2, -0.15) is 0 Å². The van der Waals surface area contributed by atoms with Crippen molar-refractivity contribution in [1.29, 1.82) is 0 Å². The lowest BCUT2D eigenvalue weighted by molar-refractivity contribution is -0.928. The fraction of sp³-hybridized carbons (Fsp3) is 0.292. The quantitative estimate of drug-likeness (QED) is 0.457. The van der Waals surface area contributed by atoms with Gasteiger partial charge < -0.3 is 14.4 Å². The first-order valence-corrected chi connectivity index (χ1v) is 10.6. The highest BCUT2D eigenvalue weighted by Crippen LogP contribution is 2.25. The van der Waals surface area contributed by atoms with Crippen molar-refractivity contribution in [2.75, 3.05) is 6.54 Å². The monoisotopic (exact) mass is 421 g/mol. The summed E-state index contributed by atoms with van der Waals surface area (Å²) in [5.74, 6) is 1.03. The molecule has 0 saturated carbocycles. The van der Waals surface area contributed by atoms with Crippen LogP contribution in [-0.2, 0) is 13.1 Å². The Hall–Kier alpha value is -3.32. The van der Waals surface area contributed by atoms with Crippen molar-refractivity contribution < 1.29 is 13.8 Å². The van der Waals surface area contributed by atoms with E-state index in [2.05, 4.69) is 22.0 Å². The number of benzene rings is 2. The second kappa shape index (κ2) is 9.22. The number of hydrogen-bond donors (Lipinski definition) is 2. The average molecular weight is 421 g/mol. The summed E-state index contributed by atoms with van der Waals surface area (Å²) in [5.41, 5.74) is 3.18. The van der Waals surface area contributed by atoms with Gasteiger partial charge in [0, 0.05) is 11.1 Å². The molecule has 2 N–H and O–H groups in total. The Morgan fingerprint density at radius 1 is 1.10 bits per heavy atom. The van der Waals surface area contributed by atoms with Gasteiger partial charge in [0.1, 0.15) is 24.6 Å². The number of nitrogens with one attached hydrogen (secondary N) is 2. The van der Waals surface area contributed by atoms with E-state index < -0.39 is 0 Å². The predicted octanol–water partition coefficient (Wildman–Crippen LogP) is 3.41. The molecule has 0 aliphatic rings. The highest BCUT2D eigenvalue weighted by Gasteiger charge is 2.20. The van der Waals surface area contributed by atoms with Crippen LogP contribution in [0.4, 0.5) is 4.39 Å². The molecule has 0 bridgehead atoms. The van der Waals surface area contributed by atoms with Crippen LogP contribution >= 0.6 is 0 Å². The zero-order valence-electron chi connectivity index (χ0n) is 17.7. The van der Waals surface area contributed by atoms with E-state index in [-0.39, 0.29) is 11.4 Å². The Morgan fingerprint density at radius 3 is 2.65 bits per heavy atom. The summed E-state index contributed by atoms with van der Waals surface area (Å²) in [4.78, 5) is 21.3. The fourth-order valence-electron chi connectivity index (χ4n) is 3.76. The summed E-state index contributed by atoms with van der Waals surface area (Å²) < 4.78 is 18.8. The number of H-pyrrole nitrogens is 1. The summed E-state index contributed by atoms with van der Waals surface area (Å²) in [5, 5.41) is 4.88. The molecule has 0 aliphatic heterocycles. The van der Waals surface area contributed by atoms with Crippen LogP contribution in [0, 0.1) is 12.7 Å². The van der Waals surface area contributed by atoms with E-state index in [1.54, 1.807) is 18.2 Å². The van der Waals surface area contributed by atoms with Crippen molar-refractivity contribution in [2.45, 2.75) is 39.8 Å². The zero-order chi connectivity index (χ0) is 21.8. The number of unbranched alkanes of at least 4 members (excludes halogenated alkanes) is 1. The number of aromatic nitrogens is 3. The van der Waals surface area contributed by atoms with Crippen LogP contribution in [0.5, 0.6) is 0 Å². The Bertz CT molecular complexity index is 1230. The van der Waals surface area contributed by atoms with Crippen LogP contribution in [0.2, 0.25) is 0 Å². The Labute approximate surface area is 179 Å². The topological polar surface area (TPSA) is 76.2 Å². The summed E-state index contributed by atoms with van der Waals surface area (Å²) in [7, 11) is 0. The number of rotatable bonds is 8. The molecule has 4 rings (SSSR count). The van der Waals surface area contributed by atoms with Gasteiger partial charge in [-0.3, -0.25) is 4.79 Å². The van der Waals surface area contributed by atoms with E-state index in [1.165, 1.54) is 17.0 Å². The van der Waals surface area contributed by atoms with Gasteiger partial charge in [-0.15, -0.1) is 0 Å². The molecule has 6 nitrogen and oxygen atoms in total. The molecule has 2 heterocycles. The highest BCUT2D eigenvalue weighted by atomic mass is 19.1. The number of nitrogens with zero attached hydrogens (tertiary/aromatic N) is 2. The maximum Gasteiger partial charge on any atom is 0.258 e.